The van der Waals surface area contributed by atoms with Crippen LogP contribution < -0.4 is 0 Å². The molecule has 0 aliphatic heterocycles. The Morgan fingerprint density at radius 2 is 2.15 bits per heavy atom. The highest BCUT2D eigenvalue weighted by molar-refractivity contribution is 5.74. The number of fused-ring (bicyclic) bond motifs is 1. The van der Waals surface area contributed by atoms with E-state index in [1.165, 1.54) is 12.8 Å². The quantitative estimate of drug-likeness (QED) is 0.912. The Labute approximate surface area is 119 Å². The molecule has 0 amide bonds. The molecule has 0 bridgehead atoms. The van der Waals surface area contributed by atoms with Crippen molar-refractivity contribution in [3.8, 4) is 6.07 Å². The maximum atomic E-state index is 11.5. The van der Waals surface area contributed by atoms with Gasteiger partial charge in [0.15, 0.2) is 0 Å². The van der Waals surface area contributed by atoms with Crippen LogP contribution in [0.25, 0.3) is 0 Å². The van der Waals surface area contributed by atoms with Crippen LogP contribution in [-0.4, -0.2) is 11.1 Å². The Balaban J connectivity index is 1.93. The summed E-state index contributed by atoms with van der Waals surface area (Å²) in [5.74, 6) is -0.756. The van der Waals surface area contributed by atoms with Crippen molar-refractivity contribution >= 4 is 5.97 Å². The van der Waals surface area contributed by atoms with Gasteiger partial charge in [0.25, 0.3) is 0 Å². The number of nitrogens with zero attached hydrogens (tertiary/aromatic N) is 1. The van der Waals surface area contributed by atoms with Gasteiger partial charge in [-0.3, -0.25) is 4.79 Å². The van der Waals surface area contributed by atoms with E-state index in [4.69, 9.17) is 0 Å². The third-order valence-corrected chi connectivity index (χ3v) is 5.37. The van der Waals surface area contributed by atoms with Crippen molar-refractivity contribution in [2.24, 2.45) is 23.2 Å². The molecule has 104 valence electrons. The number of hydrogen-bond donors (Lipinski definition) is 1. The third kappa shape index (κ3) is 1.91. The van der Waals surface area contributed by atoms with Crippen molar-refractivity contribution < 1.29 is 9.90 Å². The normalized spacial score (nSPS) is 32.8. The molecule has 2 saturated carbocycles. The molecule has 4 atom stereocenters. The second-order valence-electron chi connectivity index (χ2n) is 6.30. The SMILES string of the molecule is N#CC(C(=O)O)C1(Cc2ccccc2)CC2CCCC21. The Kier molecular flexibility index (Phi) is 3.25. The lowest BCUT2D eigenvalue weighted by atomic mass is 9.48. The summed E-state index contributed by atoms with van der Waals surface area (Å²) in [5.41, 5.74) is 0.808. The number of hydrogen-bond acceptors (Lipinski definition) is 2. The summed E-state index contributed by atoms with van der Waals surface area (Å²) in [4.78, 5) is 11.5. The van der Waals surface area contributed by atoms with E-state index in [1.807, 2.05) is 30.3 Å². The van der Waals surface area contributed by atoms with Gasteiger partial charge < -0.3 is 5.11 Å². The van der Waals surface area contributed by atoms with Gasteiger partial charge in [0.05, 0.1) is 6.07 Å². The van der Waals surface area contributed by atoms with Crippen molar-refractivity contribution in [3.05, 3.63) is 35.9 Å². The number of benzene rings is 1. The van der Waals surface area contributed by atoms with Crippen LogP contribution in [0.4, 0.5) is 0 Å². The minimum Gasteiger partial charge on any atom is -0.480 e. The summed E-state index contributed by atoms with van der Waals surface area (Å²) in [6.07, 6.45) is 5.10. The van der Waals surface area contributed by atoms with Gasteiger partial charge in [0.1, 0.15) is 5.92 Å². The fraction of sp³-hybridized carbons (Fsp3) is 0.529. The van der Waals surface area contributed by atoms with Crippen molar-refractivity contribution in [3.63, 3.8) is 0 Å². The van der Waals surface area contributed by atoms with E-state index < -0.39 is 11.9 Å². The Hall–Kier alpha value is -1.82. The fourth-order valence-corrected chi connectivity index (χ4v) is 4.56. The Bertz CT molecular complexity index is 548. The molecule has 0 radical (unpaired) electrons. The van der Waals surface area contributed by atoms with Gasteiger partial charge in [-0.05, 0) is 36.7 Å². The van der Waals surface area contributed by atoms with Crippen molar-refractivity contribution in [1.29, 1.82) is 5.26 Å². The molecule has 3 nitrogen and oxygen atoms in total. The van der Waals surface area contributed by atoms with Gasteiger partial charge in [-0.25, -0.2) is 0 Å². The molecule has 1 N–H and O–H groups in total. The van der Waals surface area contributed by atoms with E-state index in [0.29, 0.717) is 11.8 Å². The van der Waals surface area contributed by atoms with Gasteiger partial charge in [-0.2, -0.15) is 5.26 Å². The number of carboxylic acids is 1. The zero-order valence-corrected chi connectivity index (χ0v) is 11.5. The first kappa shape index (κ1) is 13.2. The topological polar surface area (TPSA) is 61.1 Å². The predicted octanol–water partition coefficient (Wildman–Crippen LogP) is 3.26. The average molecular weight is 269 g/mol. The molecule has 0 aromatic heterocycles. The van der Waals surface area contributed by atoms with Crippen LogP contribution in [-0.2, 0) is 11.2 Å². The monoisotopic (exact) mass is 269 g/mol. The first-order valence-corrected chi connectivity index (χ1v) is 7.34. The van der Waals surface area contributed by atoms with Crippen LogP contribution in [0, 0.1) is 34.5 Å². The predicted molar refractivity (Wildman–Crippen MR) is 74.8 cm³/mol. The van der Waals surface area contributed by atoms with E-state index in [-0.39, 0.29) is 5.41 Å². The molecule has 20 heavy (non-hydrogen) atoms. The molecule has 2 aliphatic carbocycles. The van der Waals surface area contributed by atoms with Gasteiger partial charge in [0, 0.05) is 5.41 Å². The summed E-state index contributed by atoms with van der Waals surface area (Å²) in [5, 5.41) is 18.8. The van der Waals surface area contributed by atoms with Crippen molar-refractivity contribution in [2.45, 2.75) is 32.1 Å². The van der Waals surface area contributed by atoms with E-state index in [1.54, 1.807) is 0 Å². The van der Waals surface area contributed by atoms with Crippen LogP contribution >= 0.6 is 0 Å². The highest BCUT2D eigenvalue weighted by atomic mass is 16.4. The molecule has 1 aromatic carbocycles. The lowest BCUT2D eigenvalue weighted by molar-refractivity contribution is -0.153. The number of aliphatic carboxylic acids is 1. The molecular formula is C17H19NO2. The first-order valence-electron chi connectivity index (χ1n) is 7.34. The lowest BCUT2D eigenvalue weighted by Crippen LogP contribution is -2.53. The summed E-state index contributed by atoms with van der Waals surface area (Å²) >= 11 is 0. The molecule has 1 aromatic rings. The summed E-state index contributed by atoms with van der Waals surface area (Å²) in [7, 11) is 0. The Morgan fingerprint density at radius 1 is 1.40 bits per heavy atom. The molecule has 2 aliphatic rings. The zero-order valence-electron chi connectivity index (χ0n) is 11.5. The molecular weight excluding hydrogens is 250 g/mol. The van der Waals surface area contributed by atoms with Crippen LogP contribution in [0.2, 0.25) is 0 Å². The maximum Gasteiger partial charge on any atom is 0.321 e. The highest BCUT2D eigenvalue weighted by Gasteiger charge is 2.60. The molecule has 2 fully saturated rings. The molecule has 4 unspecified atom stereocenters. The van der Waals surface area contributed by atoms with E-state index >= 15 is 0 Å². The minimum absolute atomic E-state index is 0.344. The van der Waals surface area contributed by atoms with E-state index in [9.17, 15) is 15.2 Å². The molecule has 3 rings (SSSR count). The molecule has 3 heteroatoms. The number of nitriles is 1. The van der Waals surface area contributed by atoms with Gasteiger partial charge >= 0.3 is 5.97 Å². The molecule has 0 spiro atoms. The maximum absolute atomic E-state index is 11.5. The fourth-order valence-electron chi connectivity index (χ4n) is 4.56. The van der Waals surface area contributed by atoms with Crippen LogP contribution in [0.1, 0.15) is 31.2 Å². The summed E-state index contributed by atoms with van der Waals surface area (Å²) in [6.45, 7) is 0. The third-order valence-electron chi connectivity index (χ3n) is 5.37. The van der Waals surface area contributed by atoms with Gasteiger partial charge in [-0.15, -0.1) is 0 Å². The molecule has 0 heterocycles. The van der Waals surface area contributed by atoms with Crippen molar-refractivity contribution in [1.82, 2.24) is 0 Å². The van der Waals surface area contributed by atoms with E-state index in [0.717, 1.165) is 24.8 Å². The second-order valence-corrected chi connectivity index (χ2v) is 6.30. The lowest BCUT2D eigenvalue weighted by Gasteiger charge is -2.54. The van der Waals surface area contributed by atoms with E-state index in [2.05, 4.69) is 6.07 Å². The second kappa shape index (κ2) is 4.94. The van der Waals surface area contributed by atoms with Gasteiger partial charge in [0.2, 0.25) is 0 Å². The minimum atomic E-state index is -0.950. The smallest absolute Gasteiger partial charge is 0.321 e. The first-order chi connectivity index (χ1) is 9.67. The van der Waals surface area contributed by atoms with Gasteiger partial charge in [-0.1, -0.05) is 43.2 Å². The Morgan fingerprint density at radius 3 is 2.75 bits per heavy atom. The van der Waals surface area contributed by atoms with Crippen LogP contribution in [0.5, 0.6) is 0 Å². The highest BCUT2D eigenvalue weighted by Crippen LogP contribution is 2.63. The summed E-state index contributed by atoms with van der Waals surface area (Å²) in [6, 6.07) is 12.1. The number of carbonyl (C=O) groups is 1. The largest absolute Gasteiger partial charge is 0.480 e. The average Bonchev–Trinajstić information content (AvgIpc) is 2.81. The van der Waals surface area contributed by atoms with Crippen LogP contribution in [0.3, 0.4) is 0 Å². The van der Waals surface area contributed by atoms with Crippen molar-refractivity contribution in [2.75, 3.05) is 0 Å². The number of rotatable bonds is 4. The number of carboxylic acid groups (broad SMARTS) is 1. The molecule has 0 saturated heterocycles. The summed E-state index contributed by atoms with van der Waals surface area (Å²) < 4.78 is 0. The zero-order chi connectivity index (χ0) is 14.2. The van der Waals surface area contributed by atoms with Crippen LogP contribution in [0.15, 0.2) is 30.3 Å². The standard InChI is InChI=1S/C17H19NO2/c18-11-15(16(19)20)17(9-12-5-2-1-3-6-12)10-13-7-4-8-14(13)17/h1-3,5-6,13-15H,4,7-10H2,(H,19,20).